The zero-order valence-corrected chi connectivity index (χ0v) is 18.1. The molecule has 2 aliphatic rings. The summed E-state index contributed by atoms with van der Waals surface area (Å²) in [6.45, 7) is 0. The lowest BCUT2D eigenvalue weighted by Crippen LogP contribution is -2.31. The van der Waals surface area contributed by atoms with Gasteiger partial charge in [-0.25, -0.2) is 0 Å². The second-order valence-electron chi connectivity index (χ2n) is 8.75. The summed E-state index contributed by atoms with van der Waals surface area (Å²) in [4.78, 5) is 27.5. The second kappa shape index (κ2) is 7.00. The summed E-state index contributed by atoms with van der Waals surface area (Å²) in [6.07, 6.45) is 0. The van der Waals surface area contributed by atoms with Gasteiger partial charge in [0.2, 0.25) is 5.78 Å². The highest BCUT2D eigenvalue weighted by atomic mass is 16.5. The Kier molecular flexibility index (Phi) is 3.91. The first-order chi connectivity index (χ1) is 16.7. The fourth-order valence-corrected chi connectivity index (χ4v) is 5.47. The quantitative estimate of drug-likeness (QED) is 0.287. The van der Waals surface area contributed by atoms with E-state index in [1.165, 1.54) is 0 Å². The van der Waals surface area contributed by atoms with E-state index in [-0.39, 0.29) is 17.3 Å². The van der Waals surface area contributed by atoms with Crippen molar-refractivity contribution in [1.29, 1.82) is 0 Å². The number of allylic oxidation sites excluding steroid dienone is 2. The highest BCUT2D eigenvalue weighted by molar-refractivity contribution is 6.27. The van der Waals surface area contributed by atoms with Gasteiger partial charge in [-0.05, 0) is 33.2 Å². The maximum absolute atomic E-state index is 14.0. The standard InChI is InChI=1S/C31H18O3/c32-29-23-13-5-6-14-24(23)30(33)31-28(29)27(22-15-7-10-18-8-1-3-11-20(18)22)26-21-12-4-2-9-19(21)16-17-25(26)34-31/h1-17,27H. The average Bonchev–Trinajstić information content (AvgIpc) is 2.90. The molecule has 1 atom stereocenters. The highest BCUT2D eigenvalue weighted by Gasteiger charge is 2.43. The van der Waals surface area contributed by atoms with Crippen LogP contribution in [0.1, 0.15) is 37.8 Å². The monoisotopic (exact) mass is 438 g/mol. The third kappa shape index (κ3) is 2.52. The summed E-state index contributed by atoms with van der Waals surface area (Å²) in [5, 5.41) is 4.23. The van der Waals surface area contributed by atoms with Crippen LogP contribution in [0.15, 0.2) is 114 Å². The van der Waals surface area contributed by atoms with Crippen LogP contribution in [0.25, 0.3) is 21.5 Å². The highest BCUT2D eigenvalue weighted by Crippen LogP contribution is 2.50. The fraction of sp³-hybridized carbons (Fsp3) is 0.0323. The van der Waals surface area contributed by atoms with Crippen LogP contribution in [0.5, 0.6) is 5.75 Å². The first-order valence-electron chi connectivity index (χ1n) is 11.3. The Morgan fingerprint density at radius 1 is 0.559 bits per heavy atom. The Bertz CT molecular complexity index is 1720. The first-order valence-corrected chi connectivity index (χ1v) is 11.3. The number of benzene rings is 5. The van der Waals surface area contributed by atoms with Crippen LogP contribution in [0.4, 0.5) is 0 Å². The largest absolute Gasteiger partial charge is 0.452 e. The Labute approximate surface area is 195 Å². The molecule has 0 spiro atoms. The lowest BCUT2D eigenvalue weighted by molar-refractivity contribution is 0.0927. The van der Waals surface area contributed by atoms with E-state index in [0.717, 1.165) is 32.7 Å². The van der Waals surface area contributed by atoms with Gasteiger partial charge >= 0.3 is 0 Å². The molecule has 0 aromatic heterocycles. The van der Waals surface area contributed by atoms with Crippen LogP contribution in [0, 0.1) is 0 Å². The van der Waals surface area contributed by atoms with Gasteiger partial charge < -0.3 is 4.74 Å². The Hall–Kier alpha value is -4.50. The van der Waals surface area contributed by atoms with Crippen molar-refractivity contribution in [2.75, 3.05) is 0 Å². The lowest BCUT2D eigenvalue weighted by atomic mass is 9.73. The topological polar surface area (TPSA) is 43.4 Å². The van der Waals surface area contributed by atoms with Crippen molar-refractivity contribution in [3.05, 3.63) is 137 Å². The zero-order valence-electron chi connectivity index (χ0n) is 18.1. The molecule has 0 bridgehead atoms. The van der Waals surface area contributed by atoms with Crippen LogP contribution in [0.2, 0.25) is 0 Å². The summed E-state index contributed by atoms with van der Waals surface area (Å²) >= 11 is 0. The van der Waals surface area contributed by atoms with Gasteiger partial charge in [-0.1, -0.05) is 97.1 Å². The molecule has 0 saturated heterocycles. The molecule has 1 unspecified atom stereocenters. The molecular weight excluding hydrogens is 420 g/mol. The van der Waals surface area contributed by atoms with Crippen molar-refractivity contribution < 1.29 is 14.3 Å². The average molecular weight is 438 g/mol. The summed E-state index contributed by atoms with van der Waals surface area (Å²) in [5.74, 6) is -0.0583. The predicted octanol–water partition coefficient (Wildman–Crippen LogP) is 6.85. The van der Waals surface area contributed by atoms with Crippen LogP contribution >= 0.6 is 0 Å². The van der Waals surface area contributed by atoms with Crippen molar-refractivity contribution in [3.63, 3.8) is 0 Å². The number of Topliss-reactive ketones (excluding diaryl/α,β-unsaturated/α-hetero) is 2. The Morgan fingerprint density at radius 3 is 1.97 bits per heavy atom. The molecule has 1 aliphatic heterocycles. The molecule has 7 rings (SSSR count). The Morgan fingerprint density at radius 2 is 1.18 bits per heavy atom. The molecular formula is C31H18O3. The smallest absolute Gasteiger partial charge is 0.229 e. The van der Waals surface area contributed by atoms with Gasteiger partial charge in [-0.15, -0.1) is 0 Å². The van der Waals surface area contributed by atoms with Gasteiger partial charge in [-0.2, -0.15) is 0 Å². The van der Waals surface area contributed by atoms with Gasteiger partial charge in [0.25, 0.3) is 0 Å². The molecule has 34 heavy (non-hydrogen) atoms. The molecule has 0 fully saturated rings. The third-order valence-electron chi connectivity index (χ3n) is 6.97. The summed E-state index contributed by atoms with van der Waals surface area (Å²) in [7, 11) is 0. The third-order valence-corrected chi connectivity index (χ3v) is 6.97. The van der Waals surface area contributed by atoms with Crippen molar-refractivity contribution in [3.8, 4) is 5.75 Å². The van der Waals surface area contributed by atoms with E-state index in [2.05, 4.69) is 36.4 Å². The summed E-state index contributed by atoms with van der Waals surface area (Å²) in [6, 6.07) is 33.4. The molecule has 5 aromatic carbocycles. The van der Waals surface area contributed by atoms with Gasteiger partial charge in [0.05, 0.1) is 5.57 Å². The molecule has 0 amide bonds. The second-order valence-corrected chi connectivity index (χ2v) is 8.75. The fourth-order valence-electron chi connectivity index (χ4n) is 5.47. The van der Waals surface area contributed by atoms with Crippen molar-refractivity contribution >= 4 is 33.1 Å². The van der Waals surface area contributed by atoms with E-state index in [4.69, 9.17) is 4.74 Å². The van der Waals surface area contributed by atoms with E-state index in [0.29, 0.717) is 22.4 Å². The number of ketones is 2. The van der Waals surface area contributed by atoms with E-state index in [1.807, 2.05) is 42.5 Å². The van der Waals surface area contributed by atoms with E-state index in [9.17, 15) is 9.59 Å². The molecule has 5 aromatic rings. The minimum atomic E-state index is -0.430. The van der Waals surface area contributed by atoms with Gasteiger partial charge in [0.15, 0.2) is 11.5 Å². The predicted molar refractivity (Wildman–Crippen MR) is 132 cm³/mol. The normalized spacial score (nSPS) is 16.8. The number of fused-ring (bicyclic) bond motifs is 5. The van der Waals surface area contributed by atoms with Crippen molar-refractivity contribution in [2.45, 2.75) is 5.92 Å². The molecule has 3 nitrogen and oxygen atoms in total. The maximum Gasteiger partial charge on any atom is 0.229 e. The van der Waals surface area contributed by atoms with E-state index >= 15 is 0 Å². The number of carbonyl (C=O) groups excluding carboxylic acids is 2. The number of carbonyl (C=O) groups is 2. The molecule has 160 valence electrons. The lowest BCUT2D eigenvalue weighted by Gasteiger charge is -2.34. The van der Waals surface area contributed by atoms with Gasteiger partial charge in [0, 0.05) is 22.6 Å². The first kappa shape index (κ1) is 19.0. The molecule has 0 saturated carbocycles. The summed E-state index contributed by atoms with van der Waals surface area (Å²) < 4.78 is 6.26. The molecule has 3 heteroatoms. The SMILES string of the molecule is O=C1C2=C(C(=O)c3ccccc31)C(c1cccc3ccccc13)c1c(ccc3ccccc13)O2. The minimum Gasteiger partial charge on any atom is -0.452 e. The molecule has 0 radical (unpaired) electrons. The van der Waals surface area contributed by atoms with Crippen LogP contribution in [-0.4, -0.2) is 11.6 Å². The van der Waals surface area contributed by atoms with E-state index < -0.39 is 5.92 Å². The minimum absolute atomic E-state index is 0.143. The van der Waals surface area contributed by atoms with Crippen molar-refractivity contribution in [2.24, 2.45) is 0 Å². The number of hydrogen-bond donors (Lipinski definition) is 0. The zero-order chi connectivity index (χ0) is 22.8. The Balaban J connectivity index is 1.61. The van der Waals surface area contributed by atoms with Crippen molar-refractivity contribution in [1.82, 2.24) is 0 Å². The molecule has 0 N–H and O–H groups in total. The molecule has 1 aliphatic carbocycles. The van der Waals surface area contributed by atoms with E-state index in [1.54, 1.807) is 24.3 Å². The van der Waals surface area contributed by atoms with Gasteiger partial charge in [-0.3, -0.25) is 9.59 Å². The summed E-state index contributed by atoms with van der Waals surface area (Å²) in [5.41, 5.74) is 3.17. The number of hydrogen-bond acceptors (Lipinski definition) is 3. The number of rotatable bonds is 1. The number of ether oxygens (including phenoxy) is 1. The van der Waals surface area contributed by atoms with Crippen LogP contribution in [0.3, 0.4) is 0 Å². The molecule has 1 heterocycles. The van der Waals surface area contributed by atoms with Crippen LogP contribution in [-0.2, 0) is 0 Å². The van der Waals surface area contributed by atoms with Gasteiger partial charge in [0.1, 0.15) is 5.75 Å². The maximum atomic E-state index is 14.0. The van der Waals surface area contributed by atoms with Crippen LogP contribution < -0.4 is 4.74 Å².